The number of nitrogens with two attached hydrogens (primary N) is 1. The number of benzene rings is 1. The first-order chi connectivity index (χ1) is 5.18. The number of rotatable bonds is 1. The van der Waals surface area contributed by atoms with E-state index in [1.807, 2.05) is 0 Å². The summed E-state index contributed by atoms with van der Waals surface area (Å²) in [6.07, 6.45) is -0.906. The summed E-state index contributed by atoms with van der Waals surface area (Å²) < 4.78 is 16.7. The lowest BCUT2D eigenvalue weighted by molar-refractivity contribution is 0.211. The van der Waals surface area contributed by atoms with Crippen LogP contribution in [0.4, 0.5) is 9.18 Å². The molecule has 1 aromatic rings. The number of halogens is 1. The highest BCUT2D eigenvalue weighted by molar-refractivity contribution is 5.67. The molecule has 1 aromatic carbocycles. The lowest BCUT2D eigenvalue weighted by Gasteiger charge is -1.97. The topological polar surface area (TPSA) is 52.3 Å². The number of amides is 1. The Morgan fingerprint density at radius 2 is 1.91 bits per heavy atom. The van der Waals surface area contributed by atoms with Crippen LogP contribution < -0.4 is 10.5 Å². The van der Waals surface area contributed by atoms with E-state index in [4.69, 9.17) is 5.73 Å². The van der Waals surface area contributed by atoms with Gasteiger partial charge in [0.15, 0.2) is 0 Å². The molecule has 3 nitrogen and oxygen atoms in total. The van der Waals surface area contributed by atoms with Crippen LogP contribution in [0.25, 0.3) is 0 Å². The molecule has 0 saturated carbocycles. The molecule has 0 atom stereocenters. The van der Waals surface area contributed by atoms with Gasteiger partial charge in [0.2, 0.25) is 0 Å². The van der Waals surface area contributed by atoms with Gasteiger partial charge in [-0.1, -0.05) is 0 Å². The molecule has 0 fully saturated rings. The van der Waals surface area contributed by atoms with Crippen LogP contribution in [0.5, 0.6) is 5.75 Å². The van der Waals surface area contributed by atoms with Gasteiger partial charge in [-0.2, -0.15) is 0 Å². The third kappa shape index (κ3) is 2.25. The zero-order chi connectivity index (χ0) is 8.27. The molecule has 0 heterocycles. The Morgan fingerprint density at radius 1 is 1.36 bits per heavy atom. The van der Waals surface area contributed by atoms with Crippen molar-refractivity contribution in [3.63, 3.8) is 0 Å². The minimum atomic E-state index is -0.906. The van der Waals surface area contributed by atoms with Crippen LogP contribution in [-0.4, -0.2) is 6.09 Å². The first-order valence-corrected chi connectivity index (χ1v) is 2.91. The van der Waals surface area contributed by atoms with E-state index in [9.17, 15) is 9.18 Å². The van der Waals surface area contributed by atoms with Gasteiger partial charge in [0.1, 0.15) is 11.6 Å². The molecular weight excluding hydrogens is 149 g/mol. The number of carbonyl (C=O) groups is 1. The van der Waals surface area contributed by atoms with Crippen molar-refractivity contribution >= 4 is 6.09 Å². The number of ether oxygens (including phenoxy) is 1. The van der Waals surface area contributed by atoms with Crippen molar-refractivity contribution in [2.24, 2.45) is 5.73 Å². The van der Waals surface area contributed by atoms with Crippen LogP contribution >= 0.6 is 0 Å². The molecule has 0 radical (unpaired) electrons. The van der Waals surface area contributed by atoms with Gasteiger partial charge in [0.25, 0.3) is 0 Å². The second-order valence-electron chi connectivity index (χ2n) is 1.88. The molecule has 0 spiro atoms. The lowest BCUT2D eigenvalue weighted by Crippen LogP contribution is -2.16. The summed E-state index contributed by atoms with van der Waals surface area (Å²) in [5.74, 6) is -0.152. The predicted molar refractivity (Wildman–Crippen MR) is 36.6 cm³/mol. The monoisotopic (exact) mass is 155 g/mol. The van der Waals surface area contributed by atoms with E-state index < -0.39 is 6.09 Å². The molecule has 1 rings (SSSR count). The maximum absolute atomic E-state index is 12.3. The van der Waals surface area contributed by atoms with Gasteiger partial charge in [-0.25, -0.2) is 9.18 Å². The van der Waals surface area contributed by atoms with E-state index in [0.717, 1.165) is 0 Å². The maximum atomic E-state index is 12.3. The molecule has 11 heavy (non-hydrogen) atoms. The molecule has 0 aromatic heterocycles. The number of primary amides is 1. The van der Waals surface area contributed by atoms with Crippen molar-refractivity contribution in [2.75, 3.05) is 0 Å². The minimum Gasteiger partial charge on any atom is -0.411 e. The first-order valence-electron chi connectivity index (χ1n) is 2.91. The van der Waals surface area contributed by atoms with Gasteiger partial charge >= 0.3 is 6.09 Å². The van der Waals surface area contributed by atoms with Crippen LogP contribution in [0.3, 0.4) is 0 Å². The molecule has 0 aliphatic carbocycles. The first kappa shape index (κ1) is 7.53. The molecule has 0 aliphatic rings. The van der Waals surface area contributed by atoms with Crippen LogP contribution in [0.15, 0.2) is 24.3 Å². The molecule has 4 heteroatoms. The fourth-order valence-electron chi connectivity index (χ4n) is 0.619. The largest absolute Gasteiger partial charge is 0.411 e. The third-order valence-corrected chi connectivity index (χ3v) is 1.03. The Kier molecular flexibility index (Phi) is 2.06. The Labute approximate surface area is 62.6 Å². The van der Waals surface area contributed by atoms with Crippen molar-refractivity contribution in [2.45, 2.75) is 0 Å². The highest BCUT2D eigenvalue weighted by Crippen LogP contribution is 2.10. The summed E-state index contributed by atoms with van der Waals surface area (Å²) in [7, 11) is 0. The molecule has 0 unspecified atom stereocenters. The van der Waals surface area contributed by atoms with Crippen molar-refractivity contribution in [3.05, 3.63) is 30.1 Å². The van der Waals surface area contributed by atoms with Crippen LogP contribution in [0, 0.1) is 5.82 Å². The van der Waals surface area contributed by atoms with E-state index in [1.165, 1.54) is 24.3 Å². The van der Waals surface area contributed by atoms with Crippen molar-refractivity contribution in [1.82, 2.24) is 0 Å². The van der Waals surface area contributed by atoms with Gasteiger partial charge in [-0.05, 0) is 24.3 Å². The average molecular weight is 155 g/mol. The van der Waals surface area contributed by atoms with Gasteiger partial charge in [0, 0.05) is 0 Å². The van der Waals surface area contributed by atoms with Crippen LogP contribution in [-0.2, 0) is 0 Å². The fourth-order valence-corrected chi connectivity index (χ4v) is 0.619. The average Bonchev–Trinajstić information content (AvgIpc) is 1.93. The number of carbonyl (C=O) groups excluding carboxylic acids is 1. The molecule has 2 N–H and O–H groups in total. The number of hydrogen-bond acceptors (Lipinski definition) is 2. The second kappa shape index (κ2) is 3.01. The van der Waals surface area contributed by atoms with Crippen molar-refractivity contribution < 1.29 is 13.9 Å². The third-order valence-electron chi connectivity index (χ3n) is 1.03. The summed E-state index contributed by atoms with van der Waals surface area (Å²) >= 11 is 0. The summed E-state index contributed by atoms with van der Waals surface area (Å²) in [6.45, 7) is 0. The summed E-state index contributed by atoms with van der Waals surface area (Å²) in [5, 5.41) is 0. The number of hydrogen-bond donors (Lipinski definition) is 1. The molecule has 1 amide bonds. The zero-order valence-corrected chi connectivity index (χ0v) is 5.58. The summed E-state index contributed by atoms with van der Waals surface area (Å²) in [6, 6.07) is 5.00. The lowest BCUT2D eigenvalue weighted by atomic mass is 10.3. The molecule has 0 saturated heterocycles. The standard InChI is InChI=1S/C7H6FNO2/c8-5-1-3-6(4-2-5)11-7(9)10/h1-4H,(H2,9,10). The molecule has 0 bridgehead atoms. The Hall–Kier alpha value is -1.58. The quantitative estimate of drug-likeness (QED) is 0.664. The Balaban J connectivity index is 2.74. The SMILES string of the molecule is NC(=O)Oc1ccc(F)cc1. The smallest absolute Gasteiger partial charge is 0.409 e. The van der Waals surface area contributed by atoms with E-state index in [-0.39, 0.29) is 11.6 Å². The molecule has 58 valence electrons. The molecule has 0 aliphatic heterocycles. The van der Waals surface area contributed by atoms with Crippen molar-refractivity contribution in [1.29, 1.82) is 0 Å². The summed E-state index contributed by atoms with van der Waals surface area (Å²) in [5.41, 5.74) is 4.71. The van der Waals surface area contributed by atoms with Crippen LogP contribution in [0.1, 0.15) is 0 Å². The highest BCUT2D eigenvalue weighted by Gasteiger charge is 1.96. The Bertz CT molecular complexity index is 258. The van der Waals surface area contributed by atoms with Gasteiger partial charge in [0.05, 0.1) is 0 Å². The second-order valence-corrected chi connectivity index (χ2v) is 1.88. The van der Waals surface area contributed by atoms with Gasteiger partial charge < -0.3 is 10.5 Å². The van der Waals surface area contributed by atoms with Crippen LogP contribution in [0.2, 0.25) is 0 Å². The summed E-state index contributed by atoms with van der Waals surface area (Å²) in [4.78, 5) is 10.2. The van der Waals surface area contributed by atoms with Crippen molar-refractivity contribution in [3.8, 4) is 5.75 Å². The van der Waals surface area contributed by atoms with E-state index in [0.29, 0.717) is 0 Å². The normalized spacial score (nSPS) is 9.18. The molecular formula is C7H6FNO2. The van der Waals surface area contributed by atoms with E-state index in [1.54, 1.807) is 0 Å². The Morgan fingerprint density at radius 3 is 2.36 bits per heavy atom. The van der Waals surface area contributed by atoms with E-state index in [2.05, 4.69) is 4.74 Å². The van der Waals surface area contributed by atoms with E-state index >= 15 is 0 Å². The highest BCUT2D eigenvalue weighted by atomic mass is 19.1. The fraction of sp³-hybridized carbons (Fsp3) is 0. The van der Waals surface area contributed by atoms with Gasteiger partial charge in [-0.3, -0.25) is 0 Å². The van der Waals surface area contributed by atoms with Gasteiger partial charge in [-0.15, -0.1) is 0 Å². The predicted octanol–water partition coefficient (Wildman–Crippen LogP) is 1.28. The zero-order valence-electron chi connectivity index (χ0n) is 5.58. The maximum Gasteiger partial charge on any atom is 0.409 e. The minimum absolute atomic E-state index is 0.235.